The van der Waals surface area contributed by atoms with Crippen LogP contribution in [0.3, 0.4) is 0 Å². The Morgan fingerprint density at radius 1 is 1.20 bits per heavy atom. The largest absolute Gasteiger partial charge is 0.352 e. The van der Waals surface area contributed by atoms with Crippen molar-refractivity contribution in [2.45, 2.75) is 39.2 Å². The van der Waals surface area contributed by atoms with E-state index in [9.17, 15) is 4.79 Å². The van der Waals surface area contributed by atoms with E-state index in [0.29, 0.717) is 12.1 Å². The summed E-state index contributed by atoms with van der Waals surface area (Å²) in [6.07, 6.45) is 4.29. The molecule has 2 heterocycles. The van der Waals surface area contributed by atoms with Gasteiger partial charge in [0.15, 0.2) is 0 Å². The molecule has 1 aromatic heterocycles. The minimum absolute atomic E-state index is 0.0264. The molecule has 128 valence electrons. The highest BCUT2D eigenvalue weighted by Gasteiger charge is 2.16. The highest BCUT2D eigenvalue weighted by molar-refractivity contribution is 5.97. The summed E-state index contributed by atoms with van der Waals surface area (Å²) in [6, 6.07) is 14.2. The molecule has 4 heteroatoms. The Labute approximate surface area is 147 Å². The summed E-state index contributed by atoms with van der Waals surface area (Å²) in [5.41, 5.74) is 5.31. The molecule has 1 aliphatic rings. The van der Waals surface area contributed by atoms with Gasteiger partial charge in [-0.25, -0.2) is 4.98 Å². The molecular formula is C21H23N3O. The van der Waals surface area contributed by atoms with E-state index in [0.717, 1.165) is 36.2 Å². The predicted molar refractivity (Wildman–Crippen MR) is 99.9 cm³/mol. The van der Waals surface area contributed by atoms with E-state index in [1.165, 1.54) is 24.0 Å². The lowest BCUT2D eigenvalue weighted by atomic mass is 10.1. The molecule has 1 amide bonds. The van der Waals surface area contributed by atoms with Crippen LogP contribution in [0.15, 0.2) is 42.5 Å². The summed E-state index contributed by atoms with van der Waals surface area (Å²) in [5, 5.41) is 3.03. The van der Waals surface area contributed by atoms with Crippen LogP contribution in [0.5, 0.6) is 0 Å². The van der Waals surface area contributed by atoms with Crippen LogP contribution < -0.4 is 5.32 Å². The SMILES string of the molecule is Cc1ccccc1CCNC(=O)c1ccc2c(c1)nc1n2CCCC1. The molecule has 0 atom stereocenters. The molecule has 2 aromatic carbocycles. The predicted octanol–water partition coefficient (Wildman–Crippen LogP) is 3.65. The lowest BCUT2D eigenvalue weighted by molar-refractivity contribution is 0.0954. The van der Waals surface area contributed by atoms with E-state index in [1.807, 2.05) is 30.3 Å². The van der Waals surface area contributed by atoms with Crippen LogP contribution >= 0.6 is 0 Å². The van der Waals surface area contributed by atoms with Crippen LogP contribution in [0.2, 0.25) is 0 Å². The van der Waals surface area contributed by atoms with Crippen LogP contribution in [0, 0.1) is 6.92 Å². The second kappa shape index (κ2) is 6.71. The van der Waals surface area contributed by atoms with Crippen LogP contribution in [-0.2, 0) is 19.4 Å². The van der Waals surface area contributed by atoms with Gasteiger partial charge in [-0.3, -0.25) is 4.79 Å². The summed E-state index contributed by atoms with van der Waals surface area (Å²) in [4.78, 5) is 17.2. The average Bonchev–Trinajstić information content (AvgIpc) is 3.01. The van der Waals surface area contributed by atoms with E-state index < -0.39 is 0 Å². The van der Waals surface area contributed by atoms with Crippen LogP contribution in [0.4, 0.5) is 0 Å². The molecule has 0 spiro atoms. The van der Waals surface area contributed by atoms with Crippen molar-refractivity contribution in [1.29, 1.82) is 0 Å². The first-order valence-corrected chi connectivity index (χ1v) is 9.04. The number of benzene rings is 2. The molecule has 0 saturated carbocycles. The Morgan fingerprint density at radius 2 is 2.08 bits per heavy atom. The van der Waals surface area contributed by atoms with Crippen molar-refractivity contribution in [2.24, 2.45) is 0 Å². The molecule has 0 radical (unpaired) electrons. The maximum Gasteiger partial charge on any atom is 0.251 e. The molecular weight excluding hydrogens is 310 g/mol. The lowest BCUT2D eigenvalue weighted by Gasteiger charge is -2.13. The summed E-state index contributed by atoms with van der Waals surface area (Å²) in [7, 11) is 0. The monoisotopic (exact) mass is 333 g/mol. The van der Waals surface area contributed by atoms with Gasteiger partial charge in [0.25, 0.3) is 5.91 Å². The summed E-state index contributed by atoms with van der Waals surface area (Å²) in [5.74, 6) is 1.12. The normalized spacial score (nSPS) is 13.6. The first kappa shape index (κ1) is 15.9. The van der Waals surface area contributed by atoms with Gasteiger partial charge in [0.1, 0.15) is 5.82 Å². The third-order valence-electron chi connectivity index (χ3n) is 5.06. The number of aromatic nitrogens is 2. The number of carbonyl (C=O) groups excluding carboxylic acids is 1. The first-order chi connectivity index (χ1) is 12.2. The summed E-state index contributed by atoms with van der Waals surface area (Å²) < 4.78 is 2.29. The van der Waals surface area contributed by atoms with Crippen molar-refractivity contribution in [3.05, 3.63) is 65.0 Å². The molecule has 0 unspecified atom stereocenters. The number of rotatable bonds is 4. The van der Waals surface area contributed by atoms with Crippen molar-refractivity contribution in [3.63, 3.8) is 0 Å². The van der Waals surface area contributed by atoms with Gasteiger partial charge in [-0.15, -0.1) is 0 Å². The van der Waals surface area contributed by atoms with Crippen molar-refractivity contribution < 1.29 is 4.79 Å². The molecule has 0 bridgehead atoms. The van der Waals surface area contributed by atoms with Gasteiger partial charge in [0.05, 0.1) is 11.0 Å². The molecule has 0 saturated heterocycles. The quantitative estimate of drug-likeness (QED) is 0.792. The molecule has 25 heavy (non-hydrogen) atoms. The smallest absolute Gasteiger partial charge is 0.251 e. The minimum Gasteiger partial charge on any atom is -0.352 e. The molecule has 3 aromatic rings. The number of amides is 1. The fraction of sp³-hybridized carbons (Fsp3) is 0.333. The minimum atomic E-state index is -0.0264. The average molecular weight is 333 g/mol. The van der Waals surface area contributed by atoms with Crippen LogP contribution in [0.25, 0.3) is 11.0 Å². The van der Waals surface area contributed by atoms with E-state index in [4.69, 9.17) is 4.98 Å². The molecule has 1 N–H and O–H groups in total. The van der Waals surface area contributed by atoms with Gasteiger partial charge in [-0.05, 0) is 55.5 Å². The van der Waals surface area contributed by atoms with Crippen molar-refractivity contribution in [3.8, 4) is 0 Å². The Hall–Kier alpha value is -2.62. The third kappa shape index (κ3) is 3.16. The maximum atomic E-state index is 12.5. The van der Waals surface area contributed by atoms with Gasteiger partial charge in [-0.1, -0.05) is 24.3 Å². The molecule has 0 aliphatic carbocycles. The zero-order valence-corrected chi connectivity index (χ0v) is 14.6. The van der Waals surface area contributed by atoms with Crippen molar-refractivity contribution in [2.75, 3.05) is 6.54 Å². The van der Waals surface area contributed by atoms with E-state index >= 15 is 0 Å². The first-order valence-electron chi connectivity index (χ1n) is 9.04. The van der Waals surface area contributed by atoms with Crippen LogP contribution in [-0.4, -0.2) is 22.0 Å². The number of carbonyl (C=O) groups is 1. The highest BCUT2D eigenvalue weighted by Crippen LogP contribution is 2.23. The number of fused-ring (bicyclic) bond motifs is 3. The third-order valence-corrected chi connectivity index (χ3v) is 5.06. The molecule has 1 aliphatic heterocycles. The van der Waals surface area contributed by atoms with E-state index in [2.05, 4.69) is 28.9 Å². The van der Waals surface area contributed by atoms with Gasteiger partial charge < -0.3 is 9.88 Å². The maximum absolute atomic E-state index is 12.5. The number of imidazole rings is 1. The number of nitrogens with zero attached hydrogens (tertiary/aromatic N) is 2. The zero-order valence-electron chi connectivity index (χ0n) is 14.6. The van der Waals surface area contributed by atoms with Crippen molar-refractivity contribution in [1.82, 2.24) is 14.9 Å². The van der Waals surface area contributed by atoms with Gasteiger partial charge in [-0.2, -0.15) is 0 Å². The van der Waals surface area contributed by atoms with Gasteiger partial charge in [0.2, 0.25) is 0 Å². The molecule has 4 rings (SSSR count). The number of hydrogen-bond donors (Lipinski definition) is 1. The lowest BCUT2D eigenvalue weighted by Crippen LogP contribution is -2.25. The number of aryl methyl sites for hydroxylation is 3. The standard InChI is InChI=1S/C21H23N3O/c1-15-6-2-3-7-16(15)11-12-22-21(25)17-9-10-19-18(14-17)23-20-8-4-5-13-24(19)20/h2-3,6-7,9-10,14H,4-5,8,11-13H2,1H3,(H,22,25). The molecule has 4 nitrogen and oxygen atoms in total. The Bertz CT molecular complexity index is 926. The Kier molecular flexibility index (Phi) is 4.26. The van der Waals surface area contributed by atoms with Gasteiger partial charge >= 0.3 is 0 Å². The topological polar surface area (TPSA) is 46.9 Å². The van der Waals surface area contributed by atoms with E-state index in [1.54, 1.807) is 0 Å². The van der Waals surface area contributed by atoms with Crippen LogP contribution in [0.1, 0.15) is 40.2 Å². The van der Waals surface area contributed by atoms with Gasteiger partial charge in [0, 0.05) is 25.1 Å². The Morgan fingerprint density at radius 3 is 2.96 bits per heavy atom. The molecule has 0 fully saturated rings. The highest BCUT2D eigenvalue weighted by atomic mass is 16.1. The fourth-order valence-electron chi connectivity index (χ4n) is 3.62. The van der Waals surface area contributed by atoms with E-state index in [-0.39, 0.29) is 5.91 Å². The second-order valence-corrected chi connectivity index (χ2v) is 6.77. The van der Waals surface area contributed by atoms with Crippen molar-refractivity contribution >= 4 is 16.9 Å². The summed E-state index contributed by atoms with van der Waals surface area (Å²) >= 11 is 0. The Balaban J connectivity index is 1.46. The fourth-order valence-corrected chi connectivity index (χ4v) is 3.62. The zero-order chi connectivity index (χ0) is 17.2. The summed E-state index contributed by atoms with van der Waals surface area (Å²) in [6.45, 7) is 3.78. The number of hydrogen-bond acceptors (Lipinski definition) is 2. The number of nitrogens with one attached hydrogen (secondary N) is 1. The second-order valence-electron chi connectivity index (χ2n) is 6.77.